The number of ether oxygens (including phenoxy) is 3. The van der Waals surface area contributed by atoms with Gasteiger partial charge in [0.2, 0.25) is 0 Å². The second kappa shape index (κ2) is 10.7. The molecule has 1 aromatic carbocycles. The van der Waals surface area contributed by atoms with Gasteiger partial charge in [0, 0.05) is 31.0 Å². The highest BCUT2D eigenvalue weighted by Crippen LogP contribution is 2.28. The minimum absolute atomic E-state index is 0.405. The molecule has 33 heavy (non-hydrogen) atoms. The highest BCUT2D eigenvalue weighted by molar-refractivity contribution is 5.89. The first-order valence-corrected chi connectivity index (χ1v) is 11.1. The molecule has 0 spiro atoms. The van der Waals surface area contributed by atoms with E-state index in [4.69, 9.17) is 19.0 Å². The van der Waals surface area contributed by atoms with Gasteiger partial charge in [0.1, 0.15) is 17.1 Å². The number of hydrogen-bond donors (Lipinski definition) is 0. The maximum atomic E-state index is 11.9. The van der Waals surface area contributed by atoms with Crippen LogP contribution in [-0.2, 0) is 20.7 Å². The van der Waals surface area contributed by atoms with Crippen molar-refractivity contribution in [3.63, 3.8) is 0 Å². The summed E-state index contributed by atoms with van der Waals surface area (Å²) in [5.41, 5.74) is 1.71. The summed E-state index contributed by atoms with van der Waals surface area (Å²) in [6.45, 7) is 8.65. The van der Waals surface area contributed by atoms with Crippen LogP contribution in [0.4, 0.5) is 4.79 Å². The van der Waals surface area contributed by atoms with Gasteiger partial charge in [-0.2, -0.15) is 0 Å². The normalized spacial score (nSPS) is 15.1. The third-order valence-electron chi connectivity index (χ3n) is 5.29. The van der Waals surface area contributed by atoms with E-state index in [1.165, 1.54) is 7.11 Å². The number of hydrogen-bond acceptors (Lipinski definition) is 8. The molecule has 1 aliphatic rings. The van der Waals surface area contributed by atoms with Crippen molar-refractivity contribution in [2.75, 3.05) is 20.2 Å². The summed E-state index contributed by atoms with van der Waals surface area (Å²) in [5.74, 6) is 1.28. The number of hydroxylamine groups is 2. The summed E-state index contributed by atoms with van der Waals surface area (Å²) in [6.07, 6.45) is 3.63. The second-order valence-electron chi connectivity index (χ2n) is 9.19. The minimum Gasteiger partial charge on any atom is -0.465 e. The Morgan fingerprint density at radius 2 is 1.85 bits per heavy atom. The van der Waals surface area contributed by atoms with E-state index in [0.717, 1.165) is 30.5 Å². The fourth-order valence-electron chi connectivity index (χ4n) is 3.59. The summed E-state index contributed by atoms with van der Waals surface area (Å²) < 4.78 is 16.0. The van der Waals surface area contributed by atoms with E-state index < -0.39 is 17.7 Å². The molecule has 0 atom stereocenters. The van der Waals surface area contributed by atoms with Crippen LogP contribution in [-0.4, -0.2) is 48.0 Å². The first-order valence-electron chi connectivity index (χ1n) is 11.1. The molecule has 2 aromatic rings. The number of aromatic nitrogens is 1. The Hall–Kier alpha value is -3.13. The van der Waals surface area contributed by atoms with Gasteiger partial charge in [-0.15, -0.1) is 5.06 Å². The highest BCUT2D eigenvalue weighted by atomic mass is 16.8. The lowest BCUT2D eigenvalue weighted by Crippen LogP contribution is -2.38. The first kappa shape index (κ1) is 24.5. The summed E-state index contributed by atoms with van der Waals surface area (Å²) in [5, 5.41) is 1.66. The van der Waals surface area contributed by atoms with E-state index in [1.54, 1.807) is 29.5 Å². The molecule has 8 nitrogen and oxygen atoms in total. The van der Waals surface area contributed by atoms with E-state index >= 15 is 0 Å². The van der Waals surface area contributed by atoms with Crippen LogP contribution < -0.4 is 4.74 Å². The zero-order valence-corrected chi connectivity index (χ0v) is 19.9. The van der Waals surface area contributed by atoms with E-state index in [2.05, 4.69) is 4.98 Å². The fraction of sp³-hybridized carbons (Fsp3) is 0.480. The van der Waals surface area contributed by atoms with E-state index in [9.17, 15) is 9.59 Å². The number of nitrogens with zero attached hydrogens (tertiary/aromatic N) is 2. The average molecular weight is 457 g/mol. The quantitative estimate of drug-likeness (QED) is 0.556. The molecule has 178 valence electrons. The van der Waals surface area contributed by atoms with Crippen LogP contribution in [0.2, 0.25) is 0 Å². The molecule has 2 heterocycles. The molecule has 1 saturated heterocycles. The average Bonchev–Trinajstić information content (AvgIpc) is 2.75. The van der Waals surface area contributed by atoms with Crippen LogP contribution in [0.15, 0.2) is 36.5 Å². The highest BCUT2D eigenvalue weighted by Gasteiger charge is 2.25. The van der Waals surface area contributed by atoms with Crippen molar-refractivity contribution in [1.82, 2.24) is 10.0 Å². The van der Waals surface area contributed by atoms with Crippen LogP contribution in [0, 0.1) is 12.8 Å². The number of methoxy groups -OCH3 is 1. The Labute approximate surface area is 194 Å². The van der Waals surface area contributed by atoms with Crippen molar-refractivity contribution in [3.8, 4) is 11.5 Å². The SMILES string of the molecule is COC(=O)c1ccc(C)c(Oc2ccnc(CC3CCN(OC(=O)OC(C)(C)C)CC3)c2)c1. The van der Waals surface area contributed by atoms with Gasteiger partial charge >= 0.3 is 12.1 Å². The number of piperidine rings is 1. The number of rotatable bonds is 6. The van der Waals surface area contributed by atoms with Gasteiger partial charge in [0.05, 0.1) is 12.7 Å². The van der Waals surface area contributed by atoms with E-state index in [-0.39, 0.29) is 0 Å². The number of carbonyl (C=O) groups excluding carboxylic acids is 2. The maximum absolute atomic E-state index is 11.9. The van der Waals surface area contributed by atoms with Gasteiger partial charge < -0.3 is 19.0 Å². The Kier molecular flexibility index (Phi) is 7.92. The van der Waals surface area contributed by atoms with Gasteiger partial charge in [-0.05, 0) is 76.6 Å². The first-order chi connectivity index (χ1) is 15.6. The Morgan fingerprint density at radius 3 is 2.52 bits per heavy atom. The summed E-state index contributed by atoms with van der Waals surface area (Å²) in [6, 6.07) is 8.95. The lowest BCUT2D eigenvalue weighted by atomic mass is 9.93. The predicted octanol–water partition coefficient (Wildman–Crippen LogP) is 5.09. The number of pyridine rings is 1. The van der Waals surface area contributed by atoms with Gasteiger partial charge in [0.15, 0.2) is 0 Å². The zero-order valence-electron chi connectivity index (χ0n) is 19.9. The van der Waals surface area contributed by atoms with Gasteiger partial charge in [-0.1, -0.05) is 6.07 Å². The second-order valence-corrected chi connectivity index (χ2v) is 9.19. The Balaban J connectivity index is 1.55. The topological polar surface area (TPSA) is 87.2 Å². The molecule has 0 bridgehead atoms. The molecule has 8 heteroatoms. The standard InChI is InChI=1S/C25H32N2O6/c1-17-6-7-19(23(28)30-5)15-22(17)31-21-8-11-26-20(16-21)14-18-9-12-27(13-10-18)33-24(29)32-25(2,3)4/h6-8,11,15-16,18H,9-10,12-14H2,1-5H3. The van der Waals surface area contributed by atoms with Crippen molar-refractivity contribution in [2.45, 2.75) is 52.6 Å². The van der Waals surface area contributed by atoms with Gasteiger partial charge in [-0.3, -0.25) is 4.98 Å². The summed E-state index contributed by atoms with van der Waals surface area (Å²) >= 11 is 0. The molecule has 1 fully saturated rings. The molecule has 0 amide bonds. The van der Waals surface area contributed by atoms with Crippen LogP contribution in [0.25, 0.3) is 0 Å². The molecule has 0 aliphatic carbocycles. The van der Waals surface area contributed by atoms with Crippen LogP contribution in [0.5, 0.6) is 11.5 Å². The third-order valence-corrected chi connectivity index (χ3v) is 5.29. The number of aryl methyl sites for hydroxylation is 1. The van der Waals surface area contributed by atoms with Crippen molar-refractivity contribution in [3.05, 3.63) is 53.3 Å². The molecule has 3 rings (SSSR count). The molecular formula is C25H32N2O6. The third kappa shape index (κ3) is 7.46. The molecule has 0 saturated carbocycles. The predicted molar refractivity (Wildman–Crippen MR) is 122 cm³/mol. The fourth-order valence-corrected chi connectivity index (χ4v) is 3.59. The largest absolute Gasteiger partial charge is 0.528 e. The van der Waals surface area contributed by atoms with Crippen LogP contribution >= 0.6 is 0 Å². The molecular weight excluding hydrogens is 424 g/mol. The van der Waals surface area contributed by atoms with Crippen molar-refractivity contribution >= 4 is 12.1 Å². The molecule has 1 aromatic heterocycles. The van der Waals surface area contributed by atoms with E-state index in [1.807, 2.05) is 39.8 Å². The summed E-state index contributed by atoms with van der Waals surface area (Å²) in [7, 11) is 1.35. The van der Waals surface area contributed by atoms with E-state index in [0.29, 0.717) is 36.1 Å². The maximum Gasteiger partial charge on any atom is 0.528 e. The van der Waals surface area contributed by atoms with Crippen molar-refractivity contribution < 1.29 is 28.6 Å². The van der Waals surface area contributed by atoms with Crippen LogP contribution in [0.1, 0.15) is 55.2 Å². The van der Waals surface area contributed by atoms with Crippen LogP contribution in [0.3, 0.4) is 0 Å². The van der Waals surface area contributed by atoms with Gasteiger partial charge in [0.25, 0.3) is 0 Å². The monoisotopic (exact) mass is 456 g/mol. The number of carbonyl (C=O) groups is 2. The lowest BCUT2D eigenvalue weighted by molar-refractivity contribution is -0.155. The Bertz CT molecular complexity index is 977. The zero-order chi connectivity index (χ0) is 24.0. The number of benzene rings is 1. The smallest absolute Gasteiger partial charge is 0.465 e. The molecule has 0 unspecified atom stereocenters. The minimum atomic E-state index is -0.668. The molecule has 0 radical (unpaired) electrons. The molecule has 1 aliphatic heterocycles. The van der Waals surface area contributed by atoms with Gasteiger partial charge in [-0.25, -0.2) is 9.59 Å². The lowest BCUT2D eigenvalue weighted by Gasteiger charge is -2.30. The van der Waals surface area contributed by atoms with Crippen molar-refractivity contribution in [1.29, 1.82) is 0 Å². The van der Waals surface area contributed by atoms with Crippen molar-refractivity contribution in [2.24, 2.45) is 5.92 Å². The summed E-state index contributed by atoms with van der Waals surface area (Å²) in [4.78, 5) is 33.5. The molecule has 0 N–H and O–H groups in total. The Morgan fingerprint density at radius 1 is 1.12 bits per heavy atom. The number of esters is 1.